The molecule has 0 saturated carbocycles. The van der Waals surface area contributed by atoms with Crippen molar-refractivity contribution >= 4 is 57.0 Å². The second-order valence-corrected chi connectivity index (χ2v) is 11.0. The normalized spacial score (nSPS) is 19.1. The van der Waals surface area contributed by atoms with Crippen LogP contribution >= 0.6 is 33.2 Å². The Labute approximate surface area is 215 Å². The average molecular weight is 546 g/mol. The number of carbonyl (C=O) groups is 4. The fraction of sp³-hybridized carbons (Fsp3) is 0.455. The zero-order valence-corrected chi connectivity index (χ0v) is 21.2. The van der Waals surface area contributed by atoms with Gasteiger partial charge in [0.2, 0.25) is 5.91 Å². The van der Waals surface area contributed by atoms with Gasteiger partial charge in [0.05, 0.1) is 0 Å². The molecule has 2 rings (SSSR count). The van der Waals surface area contributed by atoms with Gasteiger partial charge in [-0.05, 0) is 30.0 Å². The smallest absolute Gasteiger partial charge is 0.328 e. The molecule has 0 aromatic heterocycles. The summed E-state index contributed by atoms with van der Waals surface area (Å²) in [6, 6.07) is 5.11. The lowest BCUT2D eigenvalue weighted by molar-refractivity contribution is -0.141. The van der Waals surface area contributed by atoms with Gasteiger partial charge in [-0.15, -0.1) is 0 Å². The van der Waals surface area contributed by atoms with Crippen molar-refractivity contribution < 1.29 is 34.5 Å². The van der Waals surface area contributed by atoms with E-state index < -0.39 is 35.9 Å². The van der Waals surface area contributed by atoms with Crippen molar-refractivity contribution in [1.29, 1.82) is 0 Å². The van der Waals surface area contributed by atoms with Crippen LogP contribution in [0.2, 0.25) is 5.02 Å². The van der Waals surface area contributed by atoms with Crippen LogP contribution in [0.25, 0.3) is 0 Å². The summed E-state index contributed by atoms with van der Waals surface area (Å²) < 4.78 is 0. The van der Waals surface area contributed by atoms with Gasteiger partial charge in [0.25, 0.3) is 0 Å². The largest absolute Gasteiger partial charge is 0.480 e. The van der Waals surface area contributed by atoms with Crippen LogP contribution in [0.5, 0.6) is 0 Å². The summed E-state index contributed by atoms with van der Waals surface area (Å²) in [5.41, 5.74) is 7.03. The van der Waals surface area contributed by atoms with Gasteiger partial charge in [-0.2, -0.15) is 0 Å². The van der Waals surface area contributed by atoms with Crippen molar-refractivity contribution in [2.45, 2.75) is 43.1 Å². The van der Waals surface area contributed by atoms with Crippen molar-refractivity contribution in [2.75, 3.05) is 18.8 Å². The molecular formula is C22H28ClN3O7S2. The number of hydrogen-bond donors (Lipinski definition) is 5. The molecule has 1 heterocycles. The van der Waals surface area contributed by atoms with E-state index in [4.69, 9.17) is 22.4 Å². The number of carbonyl (C=O) groups excluding carboxylic acids is 1. The fourth-order valence-corrected chi connectivity index (χ4v) is 6.44. The standard InChI is InChI=1S/C22H28ClN3O7S2/c23-15-4-2-1-3-13(15)10-26-8-7-18(14(11-26)9-20(28)29)35-34-12-17(22(32)33)25-19(27)6-5-16(24)21(30)31/h1-4,9,16-18H,5-8,10-12,24H2,(H,25,27)(H,28,29)(H,30,31)(H,32,33)/b14-9-. The number of rotatable bonds is 13. The average Bonchev–Trinajstić information content (AvgIpc) is 2.79. The van der Waals surface area contributed by atoms with Crippen LogP contribution in [-0.2, 0) is 25.7 Å². The Bertz CT molecular complexity index is 963. The van der Waals surface area contributed by atoms with Crippen LogP contribution in [0.15, 0.2) is 35.9 Å². The second-order valence-electron chi connectivity index (χ2n) is 7.96. The maximum absolute atomic E-state index is 12.0. The molecule has 6 N–H and O–H groups in total. The second kappa shape index (κ2) is 14.3. The molecule has 1 aromatic rings. The molecule has 1 fully saturated rings. The lowest BCUT2D eigenvalue weighted by atomic mass is 10.0. The number of likely N-dealkylation sites (tertiary alicyclic amines) is 1. The monoisotopic (exact) mass is 545 g/mol. The van der Waals surface area contributed by atoms with Gasteiger partial charge in [-0.3, -0.25) is 14.5 Å². The molecule has 0 aliphatic carbocycles. The molecule has 1 aromatic carbocycles. The number of amides is 1. The van der Waals surface area contributed by atoms with Crippen molar-refractivity contribution in [2.24, 2.45) is 5.73 Å². The summed E-state index contributed by atoms with van der Waals surface area (Å²) in [6.45, 7) is 1.74. The maximum Gasteiger partial charge on any atom is 0.328 e. The Balaban J connectivity index is 1.90. The van der Waals surface area contributed by atoms with Crippen molar-refractivity contribution in [3.05, 3.63) is 46.5 Å². The number of nitrogens with zero attached hydrogens (tertiary/aromatic N) is 1. The lowest BCUT2D eigenvalue weighted by Crippen LogP contribution is -2.43. The Morgan fingerprint density at radius 2 is 1.91 bits per heavy atom. The molecule has 13 heteroatoms. The highest BCUT2D eigenvalue weighted by molar-refractivity contribution is 8.77. The van der Waals surface area contributed by atoms with Crippen LogP contribution < -0.4 is 11.1 Å². The minimum atomic E-state index is -1.23. The van der Waals surface area contributed by atoms with Gasteiger partial charge in [0.15, 0.2) is 0 Å². The van der Waals surface area contributed by atoms with Gasteiger partial charge in [-0.1, -0.05) is 51.4 Å². The lowest BCUT2D eigenvalue weighted by Gasteiger charge is -2.34. The molecule has 10 nitrogen and oxygen atoms in total. The van der Waals surface area contributed by atoms with E-state index in [2.05, 4.69) is 10.2 Å². The molecule has 0 radical (unpaired) electrons. The number of carboxylic acid groups (broad SMARTS) is 3. The van der Waals surface area contributed by atoms with Crippen LogP contribution in [0.1, 0.15) is 24.8 Å². The summed E-state index contributed by atoms with van der Waals surface area (Å²) in [7, 11) is 2.61. The first-order chi connectivity index (χ1) is 16.6. The van der Waals surface area contributed by atoms with Crippen molar-refractivity contribution in [3.8, 4) is 0 Å². The van der Waals surface area contributed by atoms with Gasteiger partial charge < -0.3 is 26.4 Å². The number of nitrogens with two attached hydrogens (primary N) is 1. The predicted octanol–water partition coefficient (Wildman–Crippen LogP) is 2.07. The van der Waals surface area contributed by atoms with E-state index in [1.165, 1.54) is 27.7 Å². The molecule has 3 unspecified atom stereocenters. The number of aliphatic carboxylic acids is 3. The molecule has 1 saturated heterocycles. The summed E-state index contributed by atoms with van der Waals surface area (Å²) in [4.78, 5) is 47.8. The molecule has 1 aliphatic rings. The van der Waals surface area contributed by atoms with E-state index in [1.54, 1.807) is 0 Å². The molecule has 0 bridgehead atoms. The SMILES string of the molecule is NC(CCC(=O)NC(CSSC1CCN(Cc2ccccc2Cl)C/C1=C/C(=O)O)C(=O)O)C(=O)O. The number of nitrogens with one attached hydrogen (secondary N) is 1. The first kappa shape index (κ1) is 29.0. The first-order valence-corrected chi connectivity index (χ1v) is 13.5. The highest BCUT2D eigenvalue weighted by Gasteiger charge is 2.27. The van der Waals surface area contributed by atoms with Gasteiger partial charge in [-0.25, -0.2) is 9.59 Å². The molecule has 0 spiro atoms. The summed E-state index contributed by atoms with van der Waals surface area (Å²) >= 11 is 6.25. The topological polar surface area (TPSA) is 170 Å². The Morgan fingerprint density at radius 1 is 1.20 bits per heavy atom. The third-order valence-corrected chi connectivity index (χ3v) is 8.50. The fourth-order valence-electron chi connectivity index (χ4n) is 3.37. The van der Waals surface area contributed by atoms with Gasteiger partial charge >= 0.3 is 17.9 Å². The highest BCUT2D eigenvalue weighted by Crippen LogP contribution is 2.37. The molecule has 1 amide bonds. The van der Waals surface area contributed by atoms with Crippen molar-refractivity contribution in [1.82, 2.24) is 10.2 Å². The maximum atomic E-state index is 12.0. The van der Waals surface area contributed by atoms with E-state index in [1.807, 2.05) is 24.3 Å². The van der Waals surface area contributed by atoms with Crippen LogP contribution in [0.3, 0.4) is 0 Å². The third kappa shape index (κ3) is 10.1. The highest BCUT2D eigenvalue weighted by atomic mass is 35.5. The van der Waals surface area contributed by atoms with Gasteiger partial charge in [0, 0.05) is 48.2 Å². The number of benzene rings is 1. The molecule has 3 atom stereocenters. The Morgan fingerprint density at radius 3 is 2.54 bits per heavy atom. The zero-order valence-electron chi connectivity index (χ0n) is 18.8. The minimum absolute atomic E-state index is 0.0525. The van der Waals surface area contributed by atoms with Crippen LogP contribution in [0, 0.1) is 0 Å². The van der Waals surface area contributed by atoms with E-state index in [0.29, 0.717) is 36.7 Å². The van der Waals surface area contributed by atoms with E-state index in [0.717, 1.165) is 5.56 Å². The van der Waals surface area contributed by atoms with Crippen LogP contribution in [-0.4, -0.2) is 80.2 Å². The third-order valence-electron chi connectivity index (χ3n) is 5.24. The number of halogens is 1. The van der Waals surface area contributed by atoms with Crippen molar-refractivity contribution in [3.63, 3.8) is 0 Å². The van der Waals surface area contributed by atoms with Crippen LogP contribution in [0.4, 0.5) is 0 Å². The zero-order chi connectivity index (χ0) is 26.0. The molecule has 192 valence electrons. The molecular weight excluding hydrogens is 518 g/mol. The summed E-state index contributed by atoms with van der Waals surface area (Å²) in [6.07, 6.45) is 1.55. The Kier molecular flexibility index (Phi) is 11.9. The van der Waals surface area contributed by atoms with E-state index >= 15 is 0 Å². The number of piperidine rings is 1. The Hall–Kier alpha value is -2.25. The summed E-state index contributed by atoms with van der Waals surface area (Å²) in [5, 5.41) is 30.4. The molecule has 35 heavy (non-hydrogen) atoms. The number of hydrogen-bond acceptors (Lipinski definition) is 8. The van der Waals surface area contributed by atoms with Gasteiger partial charge in [0.1, 0.15) is 12.1 Å². The molecule has 1 aliphatic heterocycles. The number of carboxylic acids is 3. The van der Waals surface area contributed by atoms with E-state index in [9.17, 15) is 29.4 Å². The predicted molar refractivity (Wildman–Crippen MR) is 135 cm³/mol. The quantitative estimate of drug-likeness (QED) is 0.181. The summed E-state index contributed by atoms with van der Waals surface area (Å²) in [5.74, 6) is -4.05. The first-order valence-electron chi connectivity index (χ1n) is 10.7. The minimum Gasteiger partial charge on any atom is -0.480 e. The van der Waals surface area contributed by atoms with E-state index in [-0.39, 0.29) is 23.8 Å².